The second-order valence-corrected chi connectivity index (χ2v) is 7.93. The molecule has 3 rings (SSSR count). The van der Waals surface area contributed by atoms with Crippen LogP contribution in [0.3, 0.4) is 0 Å². The molecule has 0 aliphatic carbocycles. The molecule has 1 heterocycles. The Morgan fingerprint density at radius 1 is 1.07 bits per heavy atom. The second kappa shape index (κ2) is 9.24. The molecule has 0 aliphatic rings. The number of halogens is 1. The van der Waals surface area contributed by atoms with E-state index in [2.05, 4.69) is 47.7 Å². The molecule has 3 aromatic rings. The first kappa shape index (κ1) is 20.4. The summed E-state index contributed by atoms with van der Waals surface area (Å²) in [6, 6.07) is 14.8. The van der Waals surface area contributed by atoms with Crippen molar-refractivity contribution >= 4 is 11.8 Å². The van der Waals surface area contributed by atoms with E-state index >= 15 is 0 Å². The second-order valence-electron chi connectivity index (χ2n) is 6.99. The molecule has 0 saturated carbocycles. The van der Waals surface area contributed by atoms with Crippen molar-refractivity contribution in [3.63, 3.8) is 0 Å². The SMILES string of the molecule is CCn1c(SCc2cccc(F)c2)nnc1C(C)Oc1ccc(C(C)C)cc1. The monoisotopic (exact) mass is 399 g/mol. The summed E-state index contributed by atoms with van der Waals surface area (Å²) >= 11 is 1.55. The summed E-state index contributed by atoms with van der Waals surface area (Å²) in [7, 11) is 0. The van der Waals surface area contributed by atoms with Gasteiger partial charge in [-0.05, 0) is 55.2 Å². The van der Waals surface area contributed by atoms with Crippen LogP contribution in [0.2, 0.25) is 0 Å². The van der Waals surface area contributed by atoms with E-state index in [1.54, 1.807) is 23.9 Å². The van der Waals surface area contributed by atoms with Gasteiger partial charge in [-0.2, -0.15) is 0 Å². The van der Waals surface area contributed by atoms with Gasteiger partial charge in [0.1, 0.15) is 11.6 Å². The summed E-state index contributed by atoms with van der Waals surface area (Å²) in [5.41, 5.74) is 2.21. The molecule has 1 atom stereocenters. The van der Waals surface area contributed by atoms with Crippen molar-refractivity contribution in [1.82, 2.24) is 14.8 Å². The van der Waals surface area contributed by atoms with Crippen molar-refractivity contribution in [2.75, 3.05) is 0 Å². The summed E-state index contributed by atoms with van der Waals surface area (Å²) in [6.07, 6.45) is -0.221. The maximum Gasteiger partial charge on any atom is 0.191 e. The van der Waals surface area contributed by atoms with Crippen molar-refractivity contribution < 1.29 is 9.13 Å². The van der Waals surface area contributed by atoms with Crippen molar-refractivity contribution in [2.45, 2.75) is 57.2 Å². The van der Waals surface area contributed by atoms with Crippen molar-refractivity contribution in [3.8, 4) is 5.75 Å². The number of aromatic nitrogens is 3. The van der Waals surface area contributed by atoms with E-state index in [1.807, 2.05) is 25.1 Å². The summed E-state index contributed by atoms with van der Waals surface area (Å²) in [5, 5.41) is 9.49. The normalized spacial score (nSPS) is 12.4. The predicted molar refractivity (Wildman–Crippen MR) is 111 cm³/mol. The van der Waals surface area contributed by atoms with Crippen LogP contribution in [0.15, 0.2) is 53.7 Å². The molecule has 0 fully saturated rings. The molecule has 0 bridgehead atoms. The van der Waals surface area contributed by atoms with Crippen LogP contribution in [0.5, 0.6) is 5.75 Å². The molecule has 1 aromatic heterocycles. The number of hydrogen-bond acceptors (Lipinski definition) is 4. The minimum Gasteiger partial charge on any atom is -0.483 e. The van der Waals surface area contributed by atoms with Gasteiger partial charge in [0.05, 0.1) is 0 Å². The van der Waals surface area contributed by atoms with E-state index in [0.717, 1.165) is 28.8 Å². The van der Waals surface area contributed by atoms with Crippen LogP contribution in [-0.4, -0.2) is 14.8 Å². The third kappa shape index (κ3) is 4.93. The molecule has 28 heavy (non-hydrogen) atoms. The van der Waals surface area contributed by atoms with E-state index in [9.17, 15) is 4.39 Å². The Morgan fingerprint density at radius 2 is 1.82 bits per heavy atom. The zero-order chi connectivity index (χ0) is 20.1. The highest BCUT2D eigenvalue weighted by Gasteiger charge is 2.19. The van der Waals surface area contributed by atoms with Gasteiger partial charge in [-0.3, -0.25) is 0 Å². The molecule has 1 unspecified atom stereocenters. The highest BCUT2D eigenvalue weighted by molar-refractivity contribution is 7.98. The van der Waals surface area contributed by atoms with Gasteiger partial charge in [0.25, 0.3) is 0 Å². The van der Waals surface area contributed by atoms with E-state index in [-0.39, 0.29) is 11.9 Å². The minimum absolute atomic E-state index is 0.221. The third-order valence-corrected chi connectivity index (χ3v) is 5.58. The lowest BCUT2D eigenvalue weighted by Gasteiger charge is -2.16. The molecule has 148 valence electrons. The zero-order valence-corrected chi connectivity index (χ0v) is 17.5. The van der Waals surface area contributed by atoms with Crippen molar-refractivity contribution in [1.29, 1.82) is 0 Å². The molecule has 6 heteroatoms. The van der Waals surface area contributed by atoms with Gasteiger partial charge < -0.3 is 9.30 Å². The fraction of sp³-hybridized carbons (Fsp3) is 0.364. The Hall–Kier alpha value is -2.34. The minimum atomic E-state index is -0.221. The smallest absolute Gasteiger partial charge is 0.191 e. The van der Waals surface area contributed by atoms with Crippen LogP contribution in [0.4, 0.5) is 4.39 Å². The topological polar surface area (TPSA) is 39.9 Å². The quantitative estimate of drug-likeness (QED) is 0.436. The number of benzene rings is 2. The number of rotatable bonds is 8. The Kier molecular flexibility index (Phi) is 6.73. The summed E-state index contributed by atoms with van der Waals surface area (Å²) in [4.78, 5) is 0. The Balaban J connectivity index is 1.69. The first-order valence-corrected chi connectivity index (χ1v) is 10.5. The van der Waals surface area contributed by atoms with Gasteiger partial charge >= 0.3 is 0 Å². The standard InChI is InChI=1S/C22H26FN3OS/c1-5-26-21(16(4)27-20-11-9-18(10-12-20)15(2)3)24-25-22(26)28-14-17-7-6-8-19(23)13-17/h6-13,15-16H,5,14H2,1-4H3. The Morgan fingerprint density at radius 3 is 2.46 bits per heavy atom. The average molecular weight is 400 g/mol. The molecule has 0 spiro atoms. The molecule has 4 nitrogen and oxygen atoms in total. The van der Waals surface area contributed by atoms with E-state index in [0.29, 0.717) is 11.7 Å². The average Bonchev–Trinajstić information content (AvgIpc) is 3.10. The molecule has 0 amide bonds. The molecular weight excluding hydrogens is 373 g/mol. The van der Waals surface area contributed by atoms with Gasteiger partial charge in [0.2, 0.25) is 0 Å². The highest BCUT2D eigenvalue weighted by atomic mass is 32.2. The fourth-order valence-corrected chi connectivity index (χ4v) is 3.92. The van der Waals surface area contributed by atoms with Gasteiger partial charge in [-0.25, -0.2) is 4.39 Å². The molecule has 2 aromatic carbocycles. The Bertz CT molecular complexity index is 908. The van der Waals surface area contributed by atoms with Gasteiger partial charge in [-0.1, -0.05) is 49.9 Å². The first-order valence-electron chi connectivity index (χ1n) is 9.55. The van der Waals surface area contributed by atoms with Gasteiger partial charge in [-0.15, -0.1) is 10.2 Å². The lowest BCUT2D eigenvalue weighted by molar-refractivity contribution is 0.210. The lowest BCUT2D eigenvalue weighted by atomic mass is 10.0. The van der Waals surface area contributed by atoms with Crippen LogP contribution in [-0.2, 0) is 12.3 Å². The number of hydrogen-bond donors (Lipinski definition) is 0. The lowest BCUT2D eigenvalue weighted by Crippen LogP contribution is -2.12. The zero-order valence-electron chi connectivity index (χ0n) is 16.7. The maximum absolute atomic E-state index is 13.4. The predicted octanol–water partition coefficient (Wildman–Crippen LogP) is 5.99. The highest BCUT2D eigenvalue weighted by Crippen LogP contribution is 2.27. The van der Waals surface area contributed by atoms with Crippen molar-refractivity contribution in [3.05, 3.63) is 71.3 Å². The molecule has 0 aliphatic heterocycles. The number of nitrogens with zero attached hydrogens (tertiary/aromatic N) is 3. The summed E-state index contributed by atoms with van der Waals surface area (Å²) in [6.45, 7) is 9.13. The van der Waals surface area contributed by atoms with Crippen LogP contribution < -0.4 is 4.74 Å². The first-order chi connectivity index (χ1) is 13.5. The molecule has 0 N–H and O–H groups in total. The molecule has 0 radical (unpaired) electrons. The largest absolute Gasteiger partial charge is 0.483 e. The number of ether oxygens (including phenoxy) is 1. The Labute approximate surface area is 170 Å². The molecule has 0 saturated heterocycles. The van der Waals surface area contributed by atoms with E-state index < -0.39 is 0 Å². The van der Waals surface area contributed by atoms with Crippen molar-refractivity contribution in [2.24, 2.45) is 0 Å². The van der Waals surface area contributed by atoms with E-state index in [4.69, 9.17) is 4.74 Å². The van der Waals surface area contributed by atoms with Crippen LogP contribution in [0.1, 0.15) is 56.7 Å². The molecular formula is C22H26FN3OS. The van der Waals surface area contributed by atoms with Crippen LogP contribution in [0.25, 0.3) is 0 Å². The van der Waals surface area contributed by atoms with Gasteiger partial charge in [0, 0.05) is 12.3 Å². The third-order valence-electron chi connectivity index (χ3n) is 4.54. The van der Waals surface area contributed by atoms with Crippen LogP contribution >= 0.6 is 11.8 Å². The van der Waals surface area contributed by atoms with Gasteiger partial charge in [0.15, 0.2) is 17.1 Å². The van der Waals surface area contributed by atoms with Crippen LogP contribution in [0, 0.1) is 5.82 Å². The summed E-state index contributed by atoms with van der Waals surface area (Å²) < 4.78 is 21.5. The maximum atomic E-state index is 13.4. The number of thioether (sulfide) groups is 1. The summed E-state index contributed by atoms with van der Waals surface area (Å²) in [5.74, 6) is 2.52. The van der Waals surface area contributed by atoms with E-state index in [1.165, 1.54) is 11.6 Å². The fourth-order valence-electron chi connectivity index (χ4n) is 2.97.